The first-order chi connectivity index (χ1) is 10.7. The van der Waals surface area contributed by atoms with E-state index in [0.717, 1.165) is 18.4 Å². The van der Waals surface area contributed by atoms with E-state index in [1.54, 1.807) is 12.1 Å². The average Bonchev–Trinajstić information content (AvgIpc) is 3.16. The van der Waals surface area contributed by atoms with Gasteiger partial charge in [-0.3, -0.25) is 4.79 Å². The quantitative estimate of drug-likeness (QED) is 0.920. The van der Waals surface area contributed by atoms with Crippen LogP contribution < -0.4 is 5.32 Å². The number of nitrogens with one attached hydrogen (secondary N) is 1. The molecule has 0 radical (unpaired) electrons. The van der Waals surface area contributed by atoms with Crippen molar-refractivity contribution in [1.82, 2.24) is 10.5 Å². The van der Waals surface area contributed by atoms with E-state index >= 15 is 0 Å². The van der Waals surface area contributed by atoms with Gasteiger partial charge in [-0.25, -0.2) is 4.39 Å². The molecule has 1 aromatic heterocycles. The molecule has 0 spiro atoms. The Bertz CT molecular complexity index is 648. The van der Waals surface area contributed by atoms with Gasteiger partial charge in [-0.15, -0.1) is 0 Å². The zero-order valence-electron chi connectivity index (χ0n) is 12.3. The van der Waals surface area contributed by atoms with Crippen LogP contribution in [0.4, 0.5) is 4.39 Å². The van der Waals surface area contributed by atoms with Gasteiger partial charge in [-0.05, 0) is 31.4 Å². The largest absolute Gasteiger partial charge is 0.364 e. The number of nitrogens with zero attached hydrogens (tertiary/aromatic N) is 1. The van der Waals surface area contributed by atoms with Crippen molar-refractivity contribution in [2.24, 2.45) is 0 Å². The third-order valence-electron chi connectivity index (χ3n) is 4.08. The zero-order valence-corrected chi connectivity index (χ0v) is 12.3. The fourth-order valence-corrected chi connectivity index (χ4v) is 2.93. The van der Waals surface area contributed by atoms with Gasteiger partial charge in [0.05, 0.1) is 0 Å². The van der Waals surface area contributed by atoms with Gasteiger partial charge in [0.1, 0.15) is 17.8 Å². The zero-order chi connectivity index (χ0) is 15.4. The number of hydrogen-bond acceptors (Lipinski definition) is 3. The molecule has 1 saturated carbocycles. The average molecular weight is 302 g/mol. The van der Waals surface area contributed by atoms with Crippen LogP contribution in [0, 0.1) is 5.82 Å². The molecule has 1 aromatic carbocycles. The maximum absolute atomic E-state index is 13.3. The lowest BCUT2D eigenvalue weighted by atomic mass is 10.0. The van der Waals surface area contributed by atoms with Gasteiger partial charge in [0, 0.05) is 23.6 Å². The van der Waals surface area contributed by atoms with Crippen molar-refractivity contribution < 1.29 is 13.7 Å². The smallest absolute Gasteiger partial charge is 0.220 e. The number of amides is 1. The number of halogens is 1. The standard InChI is InChI=1S/C17H19FN2O2/c18-14-5-3-4-12(10-14)17-13(11-22-20-17)8-9-16(21)19-15-6-1-2-7-15/h3-5,10-11,15H,1-2,6-9H2,(H,19,21). The molecule has 4 nitrogen and oxygen atoms in total. The molecule has 22 heavy (non-hydrogen) atoms. The first kappa shape index (κ1) is 14.8. The van der Waals surface area contributed by atoms with Crippen molar-refractivity contribution in [3.8, 4) is 11.3 Å². The first-order valence-electron chi connectivity index (χ1n) is 7.71. The van der Waals surface area contributed by atoms with E-state index in [2.05, 4.69) is 10.5 Å². The van der Waals surface area contributed by atoms with Gasteiger partial charge in [0.15, 0.2) is 0 Å². The van der Waals surface area contributed by atoms with Crippen molar-refractivity contribution in [1.29, 1.82) is 0 Å². The minimum Gasteiger partial charge on any atom is -0.364 e. The minimum absolute atomic E-state index is 0.0540. The summed E-state index contributed by atoms with van der Waals surface area (Å²) in [4.78, 5) is 12.0. The predicted molar refractivity (Wildman–Crippen MR) is 80.6 cm³/mol. The van der Waals surface area contributed by atoms with E-state index in [1.165, 1.54) is 31.2 Å². The summed E-state index contributed by atoms with van der Waals surface area (Å²) < 4.78 is 18.3. The summed E-state index contributed by atoms with van der Waals surface area (Å²) in [5.74, 6) is -0.260. The van der Waals surface area contributed by atoms with Crippen molar-refractivity contribution in [2.45, 2.75) is 44.6 Å². The highest BCUT2D eigenvalue weighted by Gasteiger charge is 2.18. The fraction of sp³-hybridized carbons (Fsp3) is 0.412. The molecule has 0 bridgehead atoms. The van der Waals surface area contributed by atoms with E-state index in [0.29, 0.717) is 30.1 Å². The van der Waals surface area contributed by atoms with Crippen LogP contribution in [0.1, 0.15) is 37.7 Å². The number of benzene rings is 1. The molecular weight excluding hydrogens is 283 g/mol. The minimum atomic E-state index is -0.314. The second kappa shape index (κ2) is 6.73. The molecule has 3 rings (SSSR count). The monoisotopic (exact) mass is 302 g/mol. The molecule has 116 valence electrons. The fourth-order valence-electron chi connectivity index (χ4n) is 2.93. The SMILES string of the molecule is O=C(CCc1conc1-c1cccc(F)c1)NC1CCCC1. The second-order valence-electron chi connectivity index (χ2n) is 5.75. The van der Waals surface area contributed by atoms with E-state index in [4.69, 9.17) is 4.52 Å². The molecule has 1 amide bonds. The number of aromatic nitrogens is 1. The highest BCUT2D eigenvalue weighted by Crippen LogP contribution is 2.24. The molecular formula is C17H19FN2O2. The highest BCUT2D eigenvalue weighted by molar-refractivity contribution is 5.77. The molecule has 0 saturated heterocycles. The topological polar surface area (TPSA) is 55.1 Å². The van der Waals surface area contributed by atoms with Crippen LogP contribution in [-0.4, -0.2) is 17.1 Å². The molecule has 1 heterocycles. The Morgan fingerprint density at radius 2 is 2.18 bits per heavy atom. The normalized spacial score (nSPS) is 15.1. The predicted octanol–water partition coefficient (Wildman–Crippen LogP) is 3.47. The van der Waals surface area contributed by atoms with Crippen LogP contribution in [-0.2, 0) is 11.2 Å². The number of aryl methyl sites for hydroxylation is 1. The molecule has 0 aliphatic heterocycles. The van der Waals surface area contributed by atoms with E-state index < -0.39 is 0 Å². The van der Waals surface area contributed by atoms with E-state index in [1.807, 2.05) is 0 Å². The Hall–Kier alpha value is -2.17. The summed E-state index contributed by atoms with van der Waals surface area (Å²) in [5.41, 5.74) is 2.10. The molecule has 0 atom stereocenters. The molecule has 2 aromatic rings. The van der Waals surface area contributed by atoms with Crippen LogP contribution in [0.25, 0.3) is 11.3 Å². The molecule has 0 unspecified atom stereocenters. The van der Waals surface area contributed by atoms with Crippen LogP contribution in [0.5, 0.6) is 0 Å². The Morgan fingerprint density at radius 3 is 2.95 bits per heavy atom. The van der Waals surface area contributed by atoms with Crippen molar-refractivity contribution in [3.63, 3.8) is 0 Å². The number of hydrogen-bond donors (Lipinski definition) is 1. The van der Waals surface area contributed by atoms with Gasteiger partial charge in [0.25, 0.3) is 0 Å². The van der Waals surface area contributed by atoms with Crippen LogP contribution >= 0.6 is 0 Å². The summed E-state index contributed by atoms with van der Waals surface area (Å²) in [6.45, 7) is 0. The van der Waals surface area contributed by atoms with Crippen molar-refractivity contribution >= 4 is 5.91 Å². The van der Waals surface area contributed by atoms with Gasteiger partial charge < -0.3 is 9.84 Å². The number of carbonyl (C=O) groups is 1. The lowest BCUT2D eigenvalue weighted by Crippen LogP contribution is -2.32. The second-order valence-corrected chi connectivity index (χ2v) is 5.75. The molecule has 5 heteroatoms. The van der Waals surface area contributed by atoms with E-state index in [9.17, 15) is 9.18 Å². The Labute approximate surface area is 128 Å². The van der Waals surface area contributed by atoms with Gasteiger partial charge >= 0.3 is 0 Å². The molecule has 1 aliphatic carbocycles. The third-order valence-corrected chi connectivity index (χ3v) is 4.08. The third kappa shape index (κ3) is 3.53. The lowest BCUT2D eigenvalue weighted by molar-refractivity contribution is -0.121. The molecule has 1 fully saturated rings. The Kier molecular flexibility index (Phi) is 4.51. The van der Waals surface area contributed by atoms with Crippen LogP contribution in [0.2, 0.25) is 0 Å². The maximum atomic E-state index is 13.3. The van der Waals surface area contributed by atoms with Gasteiger partial charge in [-0.2, -0.15) is 0 Å². The van der Waals surface area contributed by atoms with Crippen LogP contribution in [0.15, 0.2) is 35.1 Å². The lowest BCUT2D eigenvalue weighted by Gasteiger charge is -2.11. The number of carbonyl (C=O) groups excluding carboxylic acids is 1. The summed E-state index contributed by atoms with van der Waals surface area (Å²) in [5, 5.41) is 7.00. The highest BCUT2D eigenvalue weighted by atomic mass is 19.1. The van der Waals surface area contributed by atoms with Crippen molar-refractivity contribution in [2.75, 3.05) is 0 Å². The Morgan fingerprint density at radius 1 is 1.36 bits per heavy atom. The first-order valence-corrected chi connectivity index (χ1v) is 7.71. The summed E-state index contributed by atoms with van der Waals surface area (Å²) >= 11 is 0. The van der Waals surface area contributed by atoms with Crippen LogP contribution in [0.3, 0.4) is 0 Å². The molecule has 1 N–H and O–H groups in total. The van der Waals surface area contributed by atoms with E-state index in [-0.39, 0.29) is 11.7 Å². The maximum Gasteiger partial charge on any atom is 0.220 e. The summed E-state index contributed by atoms with van der Waals surface area (Å²) in [6, 6.07) is 6.55. The van der Waals surface area contributed by atoms with Gasteiger partial charge in [-0.1, -0.05) is 30.1 Å². The molecule has 1 aliphatic rings. The Balaban J connectivity index is 1.61. The number of rotatable bonds is 5. The van der Waals surface area contributed by atoms with Gasteiger partial charge in [0.2, 0.25) is 5.91 Å². The van der Waals surface area contributed by atoms with Crippen molar-refractivity contribution in [3.05, 3.63) is 41.9 Å². The summed E-state index contributed by atoms with van der Waals surface area (Å²) in [7, 11) is 0. The summed E-state index contributed by atoms with van der Waals surface area (Å²) in [6.07, 6.45) is 7.00.